The lowest BCUT2D eigenvalue weighted by Gasteiger charge is -2.26. The van der Waals surface area contributed by atoms with E-state index in [-0.39, 0.29) is 17.4 Å². The molecule has 0 saturated heterocycles. The predicted molar refractivity (Wildman–Crippen MR) is 74.2 cm³/mol. The van der Waals surface area contributed by atoms with Gasteiger partial charge in [0.2, 0.25) is 10.0 Å². The van der Waals surface area contributed by atoms with Crippen molar-refractivity contribution in [2.45, 2.75) is 43.1 Å². The molecule has 0 bridgehead atoms. The van der Waals surface area contributed by atoms with Crippen molar-refractivity contribution in [1.82, 2.24) is 4.72 Å². The molecule has 0 heterocycles. The molecular weight excluding hydrogens is 262 g/mol. The van der Waals surface area contributed by atoms with E-state index in [1.54, 1.807) is 30.3 Å². The Labute approximate surface area is 114 Å². The molecule has 1 fully saturated rings. The van der Waals surface area contributed by atoms with Gasteiger partial charge in [-0.05, 0) is 30.9 Å². The van der Waals surface area contributed by atoms with Gasteiger partial charge in [-0.1, -0.05) is 37.5 Å². The molecule has 1 atom stereocenters. The van der Waals surface area contributed by atoms with E-state index in [1.807, 2.05) is 0 Å². The van der Waals surface area contributed by atoms with Gasteiger partial charge in [-0.25, -0.2) is 13.1 Å². The van der Waals surface area contributed by atoms with Crippen LogP contribution in [0.3, 0.4) is 0 Å². The van der Waals surface area contributed by atoms with Gasteiger partial charge in [0.1, 0.15) is 0 Å². The molecule has 1 aromatic rings. The summed E-state index contributed by atoms with van der Waals surface area (Å²) >= 11 is 0. The highest BCUT2D eigenvalue weighted by molar-refractivity contribution is 7.89. The summed E-state index contributed by atoms with van der Waals surface area (Å²) in [5, 5.41) is 10.1. The highest BCUT2D eigenvalue weighted by Crippen LogP contribution is 2.26. The lowest BCUT2D eigenvalue weighted by Crippen LogP contribution is -2.37. The third-order valence-corrected chi connectivity index (χ3v) is 5.17. The van der Waals surface area contributed by atoms with Gasteiger partial charge in [-0.2, -0.15) is 0 Å². The third kappa shape index (κ3) is 4.03. The Balaban J connectivity index is 1.91. The molecule has 1 aromatic carbocycles. The van der Waals surface area contributed by atoms with E-state index < -0.39 is 16.1 Å². The Morgan fingerprint density at radius 2 is 1.79 bits per heavy atom. The van der Waals surface area contributed by atoms with Crippen molar-refractivity contribution in [3.63, 3.8) is 0 Å². The first-order valence-electron chi connectivity index (χ1n) is 6.82. The smallest absolute Gasteiger partial charge is 0.240 e. The zero-order valence-corrected chi connectivity index (χ0v) is 11.8. The summed E-state index contributed by atoms with van der Waals surface area (Å²) in [6.45, 7) is 0.0991. The SMILES string of the molecule is O=S(=O)(NCC(O)C1CCCCC1)c1ccccc1. The molecule has 106 valence electrons. The fourth-order valence-electron chi connectivity index (χ4n) is 2.56. The molecule has 4 nitrogen and oxygen atoms in total. The second-order valence-electron chi connectivity index (χ2n) is 5.13. The van der Waals surface area contributed by atoms with Crippen molar-refractivity contribution in [2.24, 2.45) is 5.92 Å². The van der Waals surface area contributed by atoms with E-state index >= 15 is 0 Å². The van der Waals surface area contributed by atoms with Crippen LogP contribution in [-0.4, -0.2) is 26.2 Å². The van der Waals surface area contributed by atoms with Gasteiger partial charge >= 0.3 is 0 Å². The lowest BCUT2D eigenvalue weighted by molar-refractivity contribution is 0.0888. The summed E-state index contributed by atoms with van der Waals surface area (Å²) in [4.78, 5) is 0.242. The van der Waals surface area contributed by atoms with Crippen LogP contribution in [-0.2, 0) is 10.0 Å². The summed E-state index contributed by atoms with van der Waals surface area (Å²) in [7, 11) is -3.50. The predicted octanol–water partition coefficient (Wildman–Crippen LogP) is 1.91. The van der Waals surface area contributed by atoms with Gasteiger partial charge in [0.15, 0.2) is 0 Å². The normalized spacial score (nSPS) is 19.2. The van der Waals surface area contributed by atoms with Crippen molar-refractivity contribution in [3.05, 3.63) is 30.3 Å². The monoisotopic (exact) mass is 283 g/mol. The van der Waals surface area contributed by atoms with Crippen LogP contribution < -0.4 is 4.72 Å². The zero-order chi connectivity index (χ0) is 13.7. The summed E-state index contributed by atoms with van der Waals surface area (Å²) in [5.41, 5.74) is 0. The minimum absolute atomic E-state index is 0.0991. The molecule has 19 heavy (non-hydrogen) atoms. The Morgan fingerprint density at radius 1 is 1.16 bits per heavy atom. The van der Waals surface area contributed by atoms with Crippen LogP contribution in [0.15, 0.2) is 35.2 Å². The maximum atomic E-state index is 12.0. The van der Waals surface area contributed by atoms with Gasteiger partial charge < -0.3 is 5.11 Å². The number of benzene rings is 1. The maximum absolute atomic E-state index is 12.0. The van der Waals surface area contributed by atoms with Crippen LogP contribution in [0.1, 0.15) is 32.1 Å². The van der Waals surface area contributed by atoms with Crippen molar-refractivity contribution < 1.29 is 13.5 Å². The van der Waals surface area contributed by atoms with Gasteiger partial charge in [0, 0.05) is 6.54 Å². The van der Waals surface area contributed by atoms with Crippen LogP contribution in [0.2, 0.25) is 0 Å². The van der Waals surface area contributed by atoms with E-state index in [0.717, 1.165) is 25.7 Å². The average Bonchev–Trinajstić information content (AvgIpc) is 2.47. The Morgan fingerprint density at radius 3 is 2.42 bits per heavy atom. The van der Waals surface area contributed by atoms with Crippen molar-refractivity contribution in [2.75, 3.05) is 6.54 Å². The summed E-state index contributed by atoms with van der Waals surface area (Å²) in [5.74, 6) is 0.229. The van der Waals surface area contributed by atoms with Crippen molar-refractivity contribution in [1.29, 1.82) is 0 Å². The van der Waals surface area contributed by atoms with E-state index in [4.69, 9.17) is 0 Å². The summed E-state index contributed by atoms with van der Waals surface area (Å²) in [6.07, 6.45) is 4.89. The average molecular weight is 283 g/mol. The Bertz CT molecular complexity index is 481. The highest BCUT2D eigenvalue weighted by atomic mass is 32.2. The number of nitrogens with one attached hydrogen (secondary N) is 1. The molecule has 2 rings (SSSR count). The second kappa shape index (κ2) is 6.50. The minimum atomic E-state index is -3.50. The van der Waals surface area contributed by atoms with Crippen LogP contribution in [0, 0.1) is 5.92 Å². The van der Waals surface area contributed by atoms with Gasteiger partial charge in [0.25, 0.3) is 0 Å². The first kappa shape index (κ1) is 14.5. The fraction of sp³-hybridized carbons (Fsp3) is 0.571. The highest BCUT2D eigenvalue weighted by Gasteiger charge is 2.23. The molecule has 5 heteroatoms. The number of sulfonamides is 1. The molecule has 0 amide bonds. The molecule has 0 aromatic heterocycles. The summed E-state index contributed by atoms with van der Waals surface area (Å²) < 4.78 is 26.5. The van der Waals surface area contributed by atoms with Crippen LogP contribution in [0.25, 0.3) is 0 Å². The fourth-order valence-corrected chi connectivity index (χ4v) is 3.64. The van der Waals surface area contributed by atoms with E-state index in [1.165, 1.54) is 6.42 Å². The number of hydrogen-bond acceptors (Lipinski definition) is 3. The number of rotatable bonds is 5. The number of aliphatic hydroxyl groups is 1. The molecule has 1 saturated carbocycles. The molecule has 0 aliphatic heterocycles. The topological polar surface area (TPSA) is 66.4 Å². The molecular formula is C14H21NO3S. The zero-order valence-electron chi connectivity index (χ0n) is 11.0. The number of hydrogen-bond donors (Lipinski definition) is 2. The minimum Gasteiger partial charge on any atom is -0.391 e. The number of aliphatic hydroxyl groups excluding tert-OH is 1. The Hall–Kier alpha value is -0.910. The van der Waals surface area contributed by atoms with E-state index in [9.17, 15) is 13.5 Å². The quantitative estimate of drug-likeness (QED) is 0.867. The standard InChI is InChI=1S/C14H21NO3S/c16-14(12-7-3-1-4-8-12)11-15-19(17,18)13-9-5-2-6-10-13/h2,5-6,9-10,12,14-16H,1,3-4,7-8,11H2. The molecule has 0 radical (unpaired) electrons. The maximum Gasteiger partial charge on any atom is 0.240 e. The van der Waals surface area contributed by atoms with Crippen molar-refractivity contribution >= 4 is 10.0 Å². The summed E-state index contributed by atoms with van der Waals surface area (Å²) in [6, 6.07) is 8.25. The molecule has 1 unspecified atom stereocenters. The second-order valence-corrected chi connectivity index (χ2v) is 6.90. The third-order valence-electron chi connectivity index (χ3n) is 3.73. The van der Waals surface area contributed by atoms with E-state index in [0.29, 0.717) is 0 Å². The van der Waals surface area contributed by atoms with Gasteiger partial charge in [-0.3, -0.25) is 0 Å². The van der Waals surface area contributed by atoms with Crippen LogP contribution >= 0.6 is 0 Å². The molecule has 0 spiro atoms. The van der Waals surface area contributed by atoms with Crippen LogP contribution in [0.5, 0.6) is 0 Å². The molecule has 2 N–H and O–H groups in total. The Kier molecular flexibility index (Phi) is 4.96. The first-order valence-corrected chi connectivity index (χ1v) is 8.31. The first-order chi connectivity index (χ1) is 9.09. The largest absolute Gasteiger partial charge is 0.391 e. The van der Waals surface area contributed by atoms with Crippen molar-refractivity contribution in [3.8, 4) is 0 Å². The van der Waals surface area contributed by atoms with Gasteiger partial charge in [-0.15, -0.1) is 0 Å². The molecule has 1 aliphatic carbocycles. The van der Waals surface area contributed by atoms with Crippen LogP contribution in [0.4, 0.5) is 0 Å². The molecule has 1 aliphatic rings. The van der Waals surface area contributed by atoms with Gasteiger partial charge in [0.05, 0.1) is 11.0 Å². The van der Waals surface area contributed by atoms with E-state index in [2.05, 4.69) is 4.72 Å². The lowest BCUT2D eigenvalue weighted by atomic mass is 9.85.